The molecule has 1 aliphatic rings. The van der Waals surface area contributed by atoms with Gasteiger partial charge < -0.3 is 4.74 Å². The van der Waals surface area contributed by atoms with Crippen LogP contribution in [0.4, 0.5) is 22.0 Å². The Balaban J connectivity index is 2.21. The number of alkyl halides is 3. The number of hydrogen-bond donors (Lipinski definition) is 0. The van der Waals surface area contributed by atoms with Gasteiger partial charge in [0.1, 0.15) is 10.6 Å². The maximum atomic E-state index is 14.5. The molecule has 0 saturated carbocycles. The van der Waals surface area contributed by atoms with Crippen molar-refractivity contribution in [3.05, 3.63) is 59.2 Å². The Morgan fingerprint density at radius 3 is 2.19 bits per heavy atom. The van der Waals surface area contributed by atoms with Crippen LogP contribution in [0.2, 0.25) is 0 Å². The number of ether oxygens (including phenoxy) is 1. The van der Waals surface area contributed by atoms with Crippen LogP contribution in [0.1, 0.15) is 30.9 Å². The first-order valence-electron chi connectivity index (χ1n) is 8.08. The van der Waals surface area contributed by atoms with Crippen molar-refractivity contribution in [2.75, 3.05) is 6.61 Å². The van der Waals surface area contributed by atoms with Gasteiger partial charge in [0.05, 0.1) is 22.6 Å². The first-order valence-corrected chi connectivity index (χ1v) is 9.56. The van der Waals surface area contributed by atoms with Crippen molar-refractivity contribution in [2.24, 2.45) is 0 Å². The van der Waals surface area contributed by atoms with E-state index in [-0.39, 0.29) is 19.4 Å². The van der Waals surface area contributed by atoms with E-state index in [0.29, 0.717) is 12.1 Å². The molecule has 2 aromatic carbocycles. The lowest BCUT2D eigenvalue weighted by atomic mass is 9.89. The van der Waals surface area contributed by atoms with E-state index in [2.05, 4.69) is 0 Å². The highest BCUT2D eigenvalue weighted by Crippen LogP contribution is 2.49. The Kier molecular flexibility index (Phi) is 4.70. The van der Waals surface area contributed by atoms with Gasteiger partial charge in [0, 0.05) is 6.42 Å². The molecule has 9 heteroatoms. The molecule has 3 rings (SSSR count). The molecule has 0 aliphatic carbocycles. The number of benzene rings is 2. The Bertz CT molecular complexity index is 968. The first kappa shape index (κ1) is 19.6. The van der Waals surface area contributed by atoms with Crippen molar-refractivity contribution < 1.29 is 35.1 Å². The number of fused-ring (bicyclic) bond motifs is 1. The van der Waals surface area contributed by atoms with E-state index in [4.69, 9.17) is 4.74 Å². The van der Waals surface area contributed by atoms with Crippen LogP contribution in [-0.2, 0) is 20.8 Å². The van der Waals surface area contributed by atoms with Gasteiger partial charge in [-0.1, -0.05) is 6.92 Å². The molecule has 0 bridgehead atoms. The summed E-state index contributed by atoms with van der Waals surface area (Å²) in [7, 11) is -4.34. The minimum atomic E-state index is -4.62. The molecule has 2 aromatic rings. The second-order valence-corrected chi connectivity index (χ2v) is 8.46. The summed E-state index contributed by atoms with van der Waals surface area (Å²) in [4.78, 5) is -0.395. The fourth-order valence-corrected chi connectivity index (χ4v) is 5.54. The van der Waals surface area contributed by atoms with E-state index in [1.807, 2.05) is 0 Å². The highest BCUT2D eigenvalue weighted by atomic mass is 32.2. The minimum Gasteiger partial charge on any atom is -0.490 e. The average Bonchev–Trinajstić information content (AvgIpc) is 2.63. The summed E-state index contributed by atoms with van der Waals surface area (Å²) in [5.41, 5.74) is -1.42. The van der Waals surface area contributed by atoms with Crippen LogP contribution in [0.25, 0.3) is 0 Å². The lowest BCUT2D eigenvalue weighted by molar-refractivity contribution is -0.137. The number of hydrogen-bond acceptors (Lipinski definition) is 3. The lowest BCUT2D eigenvalue weighted by Crippen LogP contribution is -2.41. The third-order valence-electron chi connectivity index (χ3n) is 4.84. The van der Waals surface area contributed by atoms with E-state index < -0.39 is 54.2 Å². The van der Waals surface area contributed by atoms with Crippen LogP contribution in [0.15, 0.2) is 41.3 Å². The molecule has 0 spiro atoms. The summed E-state index contributed by atoms with van der Waals surface area (Å²) >= 11 is 0. The van der Waals surface area contributed by atoms with E-state index in [1.165, 1.54) is 6.92 Å². The summed E-state index contributed by atoms with van der Waals surface area (Å²) in [5.74, 6) is -2.31. The highest BCUT2D eigenvalue weighted by molar-refractivity contribution is 7.92. The van der Waals surface area contributed by atoms with Crippen molar-refractivity contribution in [3.8, 4) is 5.75 Å². The molecule has 1 unspecified atom stereocenters. The smallest absolute Gasteiger partial charge is 0.416 e. The van der Waals surface area contributed by atoms with E-state index in [0.717, 1.165) is 24.3 Å². The van der Waals surface area contributed by atoms with Crippen LogP contribution in [0.5, 0.6) is 5.75 Å². The summed E-state index contributed by atoms with van der Waals surface area (Å²) in [6, 6.07) is 4.63. The van der Waals surface area contributed by atoms with Crippen molar-refractivity contribution >= 4 is 9.84 Å². The Morgan fingerprint density at radius 1 is 1.04 bits per heavy atom. The minimum absolute atomic E-state index is 0.104. The van der Waals surface area contributed by atoms with Gasteiger partial charge in [-0.2, -0.15) is 13.2 Å². The van der Waals surface area contributed by atoms with E-state index in [9.17, 15) is 30.4 Å². The summed E-state index contributed by atoms with van der Waals surface area (Å²) < 4.78 is 96.8. The van der Waals surface area contributed by atoms with Crippen LogP contribution in [0, 0.1) is 11.6 Å². The molecule has 146 valence electrons. The summed E-state index contributed by atoms with van der Waals surface area (Å²) in [6.45, 7) is 1.34. The van der Waals surface area contributed by atoms with Gasteiger partial charge in [-0.05, 0) is 42.8 Å². The maximum Gasteiger partial charge on any atom is 0.416 e. The van der Waals surface area contributed by atoms with Crippen LogP contribution < -0.4 is 4.74 Å². The first-order chi connectivity index (χ1) is 12.5. The van der Waals surface area contributed by atoms with Gasteiger partial charge in [-0.25, -0.2) is 17.2 Å². The maximum absolute atomic E-state index is 14.5. The van der Waals surface area contributed by atoms with Crippen LogP contribution in [0.3, 0.4) is 0 Å². The molecule has 1 atom stereocenters. The largest absolute Gasteiger partial charge is 0.490 e. The average molecular weight is 406 g/mol. The van der Waals surface area contributed by atoms with Gasteiger partial charge in [0.25, 0.3) is 0 Å². The molecule has 3 nitrogen and oxygen atoms in total. The molecule has 0 saturated heterocycles. The number of sulfone groups is 1. The topological polar surface area (TPSA) is 43.4 Å². The summed E-state index contributed by atoms with van der Waals surface area (Å²) in [6.07, 6.45) is -4.88. The predicted molar refractivity (Wildman–Crippen MR) is 87.1 cm³/mol. The quantitative estimate of drug-likeness (QED) is 0.685. The summed E-state index contributed by atoms with van der Waals surface area (Å²) in [5, 5.41) is 0. The molecule has 1 aliphatic heterocycles. The Morgan fingerprint density at radius 2 is 1.63 bits per heavy atom. The number of halogens is 5. The lowest BCUT2D eigenvalue weighted by Gasteiger charge is -2.37. The van der Waals surface area contributed by atoms with Gasteiger partial charge in [-0.15, -0.1) is 0 Å². The van der Waals surface area contributed by atoms with Gasteiger partial charge in [0.15, 0.2) is 21.4 Å². The van der Waals surface area contributed by atoms with Gasteiger partial charge >= 0.3 is 6.18 Å². The molecular weight excluding hydrogens is 391 g/mol. The van der Waals surface area contributed by atoms with Crippen molar-refractivity contribution in [1.82, 2.24) is 0 Å². The predicted octanol–water partition coefficient (Wildman–Crippen LogP) is 4.85. The van der Waals surface area contributed by atoms with Gasteiger partial charge in [0.2, 0.25) is 0 Å². The van der Waals surface area contributed by atoms with E-state index in [1.54, 1.807) is 0 Å². The molecule has 1 heterocycles. The molecule has 0 N–H and O–H groups in total. The Hall–Kier alpha value is -2.16. The van der Waals surface area contributed by atoms with Crippen LogP contribution in [-0.4, -0.2) is 15.0 Å². The molecular formula is C18H15F5O3S. The molecule has 0 amide bonds. The van der Waals surface area contributed by atoms with Crippen molar-refractivity contribution in [1.29, 1.82) is 0 Å². The second kappa shape index (κ2) is 6.47. The van der Waals surface area contributed by atoms with Crippen LogP contribution >= 0.6 is 0 Å². The highest BCUT2D eigenvalue weighted by Gasteiger charge is 2.51. The number of rotatable bonds is 3. The van der Waals surface area contributed by atoms with Gasteiger partial charge in [-0.3, -0.25) is 0 Å². The third-order valence-corrected chi connectivity index (χ3v) is 7.46. The zero-order chi connectivity index (χ0) is 20.0. The van der Waals surface area contributed by atoms with E-state index >= 15 is 0 Å². The Labute approximate surface area is 152 Å². The fourth-order valence-electron chi connectivity index (χ4n) is 3.40. The van der Waals surface area contributed by atoms with Crippen molar-refractivity contribution in [3.63, 3.8) is 0 Å². The van der Waals surface area contributed by atoms with Crippen molar-refractivity contribution in [2.45, 2.75) is 35.6 Å². The standard InChI is InChI=1S/C18H15F5O3S/c1-2-17(9-10-26-16-14(20)8-7-13(19)15(16)17)27(24,25)12-5-3-11(4-6-12)18(21,22)23/h3-8H,2,9-10H2,1H3. The molecule has 27 heavy (non-hydrogen) atoms. The molecule has 0 aromatic heterocycles. The molecule has 0 fully saturated rings. The third kappa shape index (κ3) is 2.97. The second-order valence-electron chi connectivity index (χ2n) is 6.21. The normalized spacial score (nSPS) is 20.1. The monoisotopic (exact) mass is 406 g/mol. The zero-order valence-corrected chi connectivity index (χ0v) is 14.9. The molecule has 0 radical (unpaired) electrons. The zero-order valence-electron chi connectivity index (χ0n) is 14.1. The fraction of sp³-hybridized carbons (Fsp3) is 0.333. The SMILES string of the molecule is CCC1(S(=O)(=O)c2ccc(C(F)(F)F)cc2)CCOc2c(F)ccc(F)c21.